The molecule has 0 aliphatic carbocycles. The average molecular weight is 392 g/mol. The van der Waals surface area contributed by atoms with Crippen LogP contribution in [0.3, 0.4) is 0 Å². The number of piperidine rings is 1. The van der Waals surface area contributed by atoms with Crippen molar-refractivity contribution in [3.63, 3.8) is 0 Å². The number of hydrogen-bond donors (Lipinski definition) is 1. The Morgan fingerprint density at radius 2 is 1.93 bits per heavy atom. The van der Waals surface area contributed by atoms with Crippen molar-refractivity contribution in [3.05, 3.63) is 59.2 Å². The molecule has 29 heavy (non-hydrogen) atoms. The molecule has 1 fully saturated rings. The maximum absolute atomic E-state index is 11.0. The molecule has 1 heterocycles. The van der Waals surface area contributed by atoms with E-state index in [0.29, 0.717) is 24.6 Å². The number of anilines is 1. The molecule has 0 aromatic heterocycles. The predicted octanol–water partition coefficient (Wildman–Crippen LogP) is 4.37. The number of nitrogens with one attached hydrogen (secondary N) is 1. The quantitative estimate of drug-likeness (QED) is 0.761. The van der Waals surface area contributed by atoms with Gasteiger partial charge < -0.3 is 15.0 Å². The molecule has 1 aliphatic heterocycles. The number of amides is 1. The summed E-state index contributed by atoms with van der Waals surface area (Å²) in [6.45, 7) is 6.71. The van der Waals surface area contributed by atoms with Gasteiger partial charge in [0, 0.05) is 26.6 Å². The van der Waals surface area contributed by atoms with Crippen molar-refractivity contribution in [1.82, 2.24) is 5.32 Å². The zero-order chi connectivity index (χ0) is 20.6. The fraction of sp³-hybridized carbons (Fsp3) is 0.417. The number of hydrogen-bond acceptors (Lipinski definition) is 4. The van der Waals surface area contributed by atoms with Gasteiger partial charge in [0.2, 0.25) is 5.91 Å². The van der Waals surface area contributed by atoms with Crippen molar-refractivity contribution in [2.24, 2.45) is 0 Å². The van der Waals surface area contributed by atoms with Gasteiger partial charge in [0.1, 0.15) is 11.8 Å². The van der Waals surface area contributed by atoms with E-state index in [-0.39, 0.29) is 5.91 Å². The fourth-order valence-corrected chi connectivity index (χ4v) is 3.78. The van der Waals surface area contributed by atoms with Crippen LogP contribution in [0, 0.1) is 11.3 Å². The Hall–Kier alpha value is -3.00. The molecule has 0 atom stereocenters. The number of ether oxygens (including phenoxy) is 1. The Morgan fingerprint density at radius 1 is 1.21 bits per heavy atom. The number of nitrogens with zero attached hydrogens (tertiary/aromatic N) is 2. The maximum Gasteiger partial charge on any atom is 0.217 e. The third kappa shape index (κ3) is 5.51. The van der Waals surface area contributed by atoms with Crippen molar-refractivity contribution < 1.29 is 9.53 Å². The summed E-state index contributed by atoms with van der Waals surface area (Å²) in [5.41, 5.74) is 4.14. The standard InChI is InChI=1S/C24H29N3O2/c1-3-14-29-23-8-9-24(22(15-23)16-25)27-12-10-21(11-13-27)20-6-4-19(5-7-20)17-26-18(2)28/h4-9,15,21H,3,10-14,17H2,1-2H3,(H,26,28). The molecule has 0 unspecified atom stereocenters. The zero-order valence-corrected chi connectivity index (χ0v) is 17.3. The minimum atomic E-state index is -0.0110. The molecule has 152 valence electrons. The van der Waals surface area contributed by atoms with Gasteiger partial charge in [0.25, 0.3) is 0 Å². The van der Waals surface area contributed by atoms with Gasteiger partial charge in [-0.05, 0) is 54.5 Å². The number of benzene rings is 2. The van der Waals surface area contributed by atoms with Gasteiger partial charge in [-0.3, -0.25) is 4.79 Å². The summed E-state index contributed by atoms with van der Waals surface area (Å²) in [6.07, 6.45) is 3.07. The highest BCUT2D eigenvalue weighted by Crippen LogP contribution is 2.33. The summed E-state index contributed by atoms with van der Waals surface area (Å²) >= 11 is 0. The summed E-state index contributed by atoms with van der Waals surface area (Å²) in [5.74, 6) is 1.28. The van der Waals surface area contributed by atoms with Gasteiger partial charge in [-0.1, -0.05) is 31.2 Å². The smallest absolute Gasteiger partial charge is 0.217 e. The number of rotatable bonds is 7. The molecule has 2 aromatic rings. The first-order valence-electron chi connectivity index (χ1n) is 10.4. The van der Waals surface area contributed by atoms with Crippen LogP contribution in [0.1, 0.15) is 55.7 Å². The van der Waals surface area contributed by atoms with Gasteiger partial charge >= 0.3 is 0 Å². The number of nitriles is 1. The van der Waals surface area contributed by atoms with Crippen LogP contribution >= 0.6 is 0 Å². The summed E-state index contributed by atoms with van der Waals surface area (Å²) in [4.78, 5) is 13.4. The molecule has 1 saturated heterocycles. The molecule has 2 aromatic carbocycles. The third-order valence-corrected chi connectivity index (χ3v) is 5.39. The van der Waals surface area contributed by atoms with Gasteiger partial charge in [0.05, 0.1) is 17.9 Å². The zero-order valence-electron chi connectivity index (χ0n) is 17.3. The van der Waals surface area contributed by atoms with E-state index in [1.807, 2.05) is 18.2 Å². The lowest BCUT2D eigenvalue weighted by Gasteiger charge is -2.34. The molecule has 1 N–H and O–H groups in total. The molecule has 5 nitrogen and oxygen atoms in total. The Morgan fingerprint density at radius 3 is 2.55 bits per heavy atom. The molecule has 5 heteroatoms. The highest BCUT2D eigenvalue weighted by molar-refractivity contribution is 5.72. The van der Waals surface area contributed by atoms with Crippen molar-refractivity contribution >= 4 is 11.6 Å². The first-order chi connectivity index (χ1) is 14.1. The second-order valence-corrected chi connectivity index (χ2v) is 7.55. The molecule has 3 rings (SSSR count). The van der Waals surface area contributed by atoms with Crippen molar-refractivity contribution in [3.8, 4) is 11.8 Å². The first-order valence-corrected chi connectivity index (χ1v) is 10.4. The van der Waals surface area contributed by atoms with E-state index in [1.165, 1.54) is 12.5 Å². The van der Waals surface area contributed by atoms with Gasteiger partial charge in [-0.2, -0.15) is 5.26 Å². The first kappa shape index (κ1) is 20.7. The lowest BCUT2D eigenvalue weighted by atomic mass is 9.88. The SMILES string of the molecule is CCCOc1ccc(N2CCC(c3ccc(CNC(C)=O)cc3)CC2)c(C#N)c1. The highest BCUT2D eigenvalue weighted by atomic mass is 16.5. The lowest BCUT2D eigenvalue weighted by Crippen LogP contribution is -2.33. The Labute approximate surface area is 173 Å². The minimum Gasteiger partial charge on any atom is -0.494 e. The topological polar surface area (TPSA) is 65.4 Å². The van der Waals surface area contributed by atoms with E-state index in [9.17, 15) is 10.1 Å². The number of carbonyl (C=O) groups excluding carboxylic acids is 1. The molecule has 1 aliphatic rings. The Bertz CT molecular complexity index is 863. The Kier molecular flexibility index (Phi) is 7.13. The summed E-state index contributed by atoms with van der Waals surface area (Å²) in [5, 5.41) is 12.4. The van der Waals surface area contributed by atoms with Crippen molar-refractivity contribution in [2.75, 3.05) is 24.6 Å². The molecule has 0 radical (unpaired) electrons. The normalized spacial score (nSPS) is 14.3. The van der Waals surface area contributed by atoms with Crippen LogP contribution in [0.4, 0.5) is 5.69 Å². The molecule has 1 amide bonds. The maximum atomic E-state index is 11.0. The van der Waals surface area contributed by atoms with E-state index in [2.05, 4.69) is 47.5 Å². The molecular weight excluding hydrogens is 362 g/mol. The minimum absolute atomic E-state index is 0.0110. The van der Waals surface area contributed by atoms with E-state index >= 15 is 0 Å². The summed E-state index contributed by atoms with van der Waals surface area (Å²) in [6, 6.07) is 16.7. The van der Waals surface area contributed by atoms with Crippen LogP contribution in [0.2, 0.25) is 0 Å². The average Bonchev–Trinajstić information content (AvgIpc) is 2.76. The summed E-state index contributed by atoms with van der Waals surface area (Å²) < 4.78 is 5.66. The van der Waals surface area contributed by atoms with Gasteiger partial charge in [0.15, 0.2) is 0 Å². The third-order valence-electron chi connectivity index (χ3n) is 5.39. The van der Waals surface area contributed by atoms with Crippen LogP contribution in [0.15, 0.2) is 42.5 Å². The second-order valence-electron chi connectivity index (χ2n) is 7.55. The highest BCUT2D eigenvalue weighted by Gasteiger charge is 2.22. The van der Waals surface area contributed by atoms with Crippen molar-refractivity contribution in [1.29, 1.82) is 5.26 Å². The largest absolute Gasteiger partial charge is 0.494 e. The second kappa shape index (κ2) is 9.97. The van der Waals surface area contributed by atoms with E-state index in [4.69, 9.17) is 4.74 Å². The summed E-state index contributed by atoms with van der Waals surface area (Å²) in [7, 11) is 0. The monoisotopic (exact) mass is 391 g/mol. The van der Waals surface area contributed by atoms with E-state index < -0.39 is 0 Å². The van der Waals surface area contributed by atoms with Crippen LogP contribution in [0.25, 0.3) is 0 Å². The predicted molar refractivity (Wildman–Crippen MR) is 115 cm³/mol. The van der Waals surface area contributed by atoms with Crippen LogP contribution in [0.5, 0.6) is 5.75 Å². The molecular formula is C24H29N3O2. The lowest BCUT2D eigenvalue weighted by molar-refractivity contribution is -0.119. The van der Waals surface area contributed by atoms with Crippen LogP contribution < -0.4 is 15.0 Å². The van der Waals surface area contributed by atoms with Gasteiger partial charge in [-0.25, -0.2) is 0 Å². The molecule has 0 bridgehead atoms. The van der Waals surface area contributed by atoms with Gasteiger partial charge in [-0.15, -0.1) is 0 Å². The van der Waals surface area contributed by atoms with E-state index in [0.717, 1.165) is 49.4 Å². The van der Waals surface area contributed by atoms with E-state index in [1.54, 1.807) is 0 Å². The van der Waals surface area contributed by atoms with Crippen molar-refractivity contribution in [2.45, 2.75) is 45.6 Å². The Balaban J connectivity index is 1.60. The van der Waals surface area contributed by atoms with Crippen LogP contribution in [-0.4, -0.2) is 25.6 Å². The molecule has 0 spiro atoms. The van der Waals surface area contributed by atoms with Crippen LogP contribution in [-0.2, 0) is 11.3 Å². The number of carbonyl (C=O) groups is 1. The molecule has 0 saturated carbocycles. The fourth-order valence-electron chi connectivity index (χ4n) is 3.78.